The van der Waals surface area contributed by atoms with Crippen molar-refractivity contribution in [2.75, 3.05) is 18.1 Å². The predicted octanol–water partition coefficient (Wildman–Crippen LogP) is -2.14. The number of fused-ring (bicyclic) bond motifs is 1. The van der Waals surface area contributed by atoms with Gasteiger partial charge in [0.15, 0.2) is 0 Å². The number of benzene rings is 3. The summed E-state index contributed by atoms with van der Waals surface area (Å²) in [6.45, 7) is 2.66. The lowest BCUT2D eigenvalue weighted by Gasteiger charge is -2.28. The summed E-state index contributed by atoms with van der Waals surface area (Å²) in [5.74, 6) is -7.52. The van der Waals surface area contributed by atoms with Gasteiger partial charge in [-0.25, -0.2) is 0 Å². The third kappa shape index (κ3) is 18.1. The van der Waals surface area contributed by atoms with E-state index >= 15 is 0 Å². The van der Waals surface area contributed by atoms with Crippen molar-refractivity contribution in [1.82, 2.24) is 42.2 Å². The summed E-state index contributed by atoms with van der Waals surface area (Å²) in [5.41, 5.74) is 19.9. The topological polar surface area (TPSA) is 375 Å². The largest absolute Gasteiger partial charge is 0.508 e. The second-order valence-electron chi connectivity index (χ2n) is 17.5. The second-order valence-corrected chi connectivity index (χ2v) is 18.3. The van der Waals surface area contributed by atoms with Gasteiger partial charge >= 0.3 is 0 Å². The zero-order chi connectivity index (χ0) is 53.8. The Labute approximate surface area is 433 Å². The van der Waals surface area contributed by atoms with E-state index in [1.54, 1.807) is 54.7 Å². The number of para-hydroxylation sites is 1. The van der Waals surface area contributed by atoms with Crippen LogP contribution in [-0.4, -0.2) is 146 Å². The summed E-state index contributed by atoms with van der Waals surface area (Å²) in [6.07, 6.45) is -0.677. The Morgan fingerprint density at radius 2 is 1.04 bits per heavy atom. The smallest absolute Gasteiger partial charge is 0.245 e. The first-order valence-electron chi connectivity index (χ1n) is 23.6. The molecule has 0 saturated carbocycles. The minimum absolute atomic E-state index is 0.0195. The maximum absolute atomic E-state index is 14.6. The molecule has 8 amide bonds. The summed E-state index contributed by atoms with van der Waals surface area (Å²) < 4.78 is 0. The Bertz CT molecular complexity index is 2500. The minimum Gasteiger partial charge on any atom is -0.508 e. The van der Waals surface area contributed by atoms with Crippen LogP contribution in [0.4, 0.5) is 0 Å². The molecule has 0 radical (unpaired) electrons. The predicted molar refractivity (Wildman–Crippen MR) is 279 cm³/mol. The van der Waals surface area contributed by atoms with Gasteiger partial charge in [-0.3, -0.25) is 38.4 Å². The molecule has 0 aliphatic carbocycles. The van der Waals surface area contributed by atoms with Gasteiger partial charge in [0.25, 0.3) is 0 Å². The van der Waals surface area contributed by atoms with E-state index < -0.39 is 108 Å². The second kappa shape index (κ2) is 29.1. The van der Waals surface area contributed by atoms with Crippen LogP contribution in [-0.2, 0) is 57.6 Å². The lowest BCUT2D eigenvalue weighted by atomic mass is 10.0. The first-order valence-corrected chi connectivity index (χ1v) is 24.8. The molecule has 1 heterocycles. The molecule has 0 unspecified atom stereocenters. The van der Waals surface area contributed by atoms with Gasteiger partial charge < -0.3 is 74.7 Å². The minimum atomic E-state index is -1.70. The molecular formula is C49H67N11O11S2. The van der Waals surface area contributed by atoms with E-state index in [4.69, 9.17) is 17.2 Å². The van der Waals surface area contributed by atoms with Crippen molar-refractivity contribution in [3.05, 3.63) is 102 Å². The van der Waals surface area contributed by atoms with Crippen molar-refractivity contribution in [2.24, 2.45) is 17.2 Å². The number of carbonyl (C=O) groups excluding carboxylic acids is 8. The monoisotopic (exact) mass is 1050 g/mol. The fourth-order valence-electron chi connectivity index (χ4n) is 7.62. The Kier molecular flexibility index (Phi) is 23.5. The Balaban J connectivity index is 1.61. The summed E-state index contributed by atoms with van der Waals surface area (Å²) in [6, 6.07) is 10.9. The van der Waals surface area contributed by atoms with Crippen molar-refractivity contribution in [3.63, 3.8) is 0 Å². The van der Waals surface area contributed by atoms with E-state index in [9.17, 15) is 53.7 Å². The van der Waals surface area contributed by atoms with Crippen molar-refractivity contribution in [2.45, 2.75) is 113 Å². The van der Waals surface area contributed by atoms with Gasteiger partial charge in [-0.05, 0) is 81.0 Å². The number of carbonyl (C=O) groups is 8. The van der Waals surface area contributed by atoms with E-state index in [1.807, 2.05) is 18.2 Å². The molecule has 4 rings (SSSR count). The van der Waals surface area contributed by atoms with Crippen LogP contribution in [0.5, 0.6) is 5.75 Å². The third-order valence-corrected chi connectivity index (χ3v) is 12.5. The van der Waals surface area contributed by atoms with Crippen LogP contribution in [0.1, 0.15) is 49.8 Å². The number of rotatable bonds is 29. The Morgan fingerprint density at radius 3 is 1.62 bits per heavy atom. The van der Waals surface area contributed by atoms with E-state index in [-0.39, 0.29) is 49.5 Å². The number of aromatic hydroxyl groups is 1. The van der Waals surface area contributed by atoms with Gasteiger partial charge in [0.2, 0.25) is 47.3 Å². The molecule has 10 atom stereocenters. The number of aliphatic hydroxyl groups is 2. The number of H-pyrrole nitrogens is 1. The highest BCUT2D eigenvalue weighted by Gasteiger charge is 2.36. The number of thiol groups is 2. The molecule has 0 bridgehead atoms. The molecule has 17 N–H and O–H groups in total. The summed E-state index contributed by atoms with van der Waals surface area (Å²) in [7, 11) is 0. The van der Waals surface area contributed by atoms with Gasteiger partial charge in [-0.1, -0.05) is 60.7 Å². The van der Waals surface area contributed by atoms with E-state index in [1.165, 1.54) is 26.0 Å². The maximum Gasteiger partial charge on any atom is 0.245 e. The fourth-order valence-corrected chi connectivity index (χ4v) is 8.13. The van der Waals surface area contributed by atoms with Crippen LogP contribution in [0, 0.1) is 0 Å². The number of aromatic amines is 1. The molecule has 3 aromatic carbocycles. The Morgan fingerprint density at radius 1 is 0.562 bits per heavy atom. The average Bonchev–Trinajstić information content (AvgIpc) is 3.77. The van der Waals surface area contributed by atoms with Crippen LogP contribution in [0.15, 0.2) is 85.1 Å². The number of nitrogens with one attached hydrogen (secondary N) is 8. The van der Waals surface area contributed by atoms with Crippen molar-refractivity contribution in [1.29, 1.82) is 0 Å². The van der Waals surface area contributed by atoms with E-state index in [0.717, 1.165) is 10.9 Å². The van der Waals surface area contributed by atoms with Gasteiger partial charge in [-0.15, -0.1) is 0 Å². The molecule has 0 aliphatic rings. The lowest BCUT2D eigenvalue weighted by Crippen LogP contribution is -2.62. The van der Waals surface area contributed by atoms with Crippen LogP contribution in [0.25, 0.3) is 10.9 Å². The molecule has 1 aromatic heterocycles. The molecule has 0 spiro atoms. The number of hydrogen-bond acceptors (Lipinski definition) is 15. The summed E-state index contributed by atoms with van der Waals surface area (Å²) in [5, 5.41) is 48.8. The number of nitrogens with two attached hydrogens (primary N) is 3. The highest BCUT2D eigenvalue weighted by molar-refractivity contribution is 7.80. The van der Waals surface area contributed by atoms with Gasteiger partial charge in [0.1, 0.15) is 48.0 Å². The molecular weight excluding hydrogens is 983 g/mol. The standard InChI is InChI=1S/C49H67N11O11S2/c1-26(61)40(42(52)64)59-48(70)39(25-73)58-49(71)41(27(2)62)60-44(66)35(14-8-9-19-50)54-46(68)37(22-30-23-53-34-13-7-6-12-32(30)34)56-45(67)36(21-28-10-4-3-5-11-28)55-47(69)38(24-72)57-43(65)33(51)20-29-15-17-31(63)18-16-29/h3-7,10-13,15-18,23,26-27,33,35-41,53,61-63,72-73H,8-9,14,19-22,24-25,50-51H2,1-2H3,(H2,52,64)(H,54,68)(H,55,69)(H,56,67)(H,57,65)(H,58,71)(H,59,70)(H,60,66)/t26-,27-,33+,35+,36+,37-,38+,39+,40+,41+/m1/s1. The fraction of sp³-hybridized carbons (Fsp3) is 0.429. The van der Waals surface area contributed by atoms with E-state index in [0.29, 0.717) is 29.5 Å². The molecule has 22 nitrogen and oxygen atoms in total. The van der Waals surface area contributed by atoms with Crippen LogP contribution in [0.2, 0.25) is 0 Å². The molecule has 4 aromatic rings. The van der Waals surface area contributed by atoms with Gasteiger partial charge in [-0.2, -0.15) is 25.3 Å². The molecule has 396 valence electrons. The lowest BCUT2D eigenvalue weighted by molar-refractivity contribution is -0.137. The number of primary amides is 1. The highest BCUT2D eigenvalue weighted by atomic mass is 32.1. The number of aromatic nitrogens is 1. The number of hydrogen-bond donors (Lipinski definition) is 16. The number of aliphatic hydroxyl groups excluding tert-OH is 2. The Hall–Kier alpha value is -6.70. The molecule has 0 aliphatic heterocycles. The normalized spacial score (nSPS) is 15.3. The molecule has 24 heteroatoms. The zero-order valence-electron chi connectivity index (χ0n) is 40.5. The van der Waals surface area contributed by atoms with Crippen molar-refractivity contribution in [3.8, 4) is 5.75 Å². The number of phenols is 1. The maximum atomic E-state index is 14.6. The SMILES string of the molecule is C[C@@H](O)[C@H](NC(=O)[C@H](CS)NC(=O)[C@@H](NC(=O)[C@H](CCCCN)NC(=O)[C@@H](Cc1c[nH]c2ccccc12)NC(=O)[C@H](Cc1ccccc1)NC(=O)[C@H](CS)NC(=O)[C@@H](N)Cc1ccc(O)cc1)[C@@H](C)O)C(N)=O. The summed E-state index contributed by atoms with van der Waals surface area (Å²) >= 11 is 8.41. The van der Waals surface area contributed by atoms with Gasteiger partial charge in [0, 0.05) is 41.4 Å². The molecule has 0 fully saturated rings. The number of amides is 8. The zero-order valence-corrected chi connectivity index (χ0v) is 42.2. The van der Waals surface area contributed by atoms with Gasteiger partial charge in [0.05, 0.1) is 18.2 Å². The highest BCUT2D eigenvalue weighted by Crippen LogP contribution is 2.20. The first-order chi connectivity index (χ1) is 34.8. The summed E-state index contributed by atoms with van der Waals surface area (Å²) in [4.78, 5) is 112. The average molecular weight is 1050 g/mol. The first kappa shape index (κ1) is 58.9. The number of phenolic OH excluding ortho intramolecular Hbond substituents is 1. The van der Waals surface area contributed by atoms with Crippen molar-refractivity contribution < 1.29 is 53.7 Å². The molecule has 73 heavy (non-hydrogen) atoms. The van der Waals surface area contributed by atoms with Crippen LogP contribution in [0.3, 0.4) is 0 Å². The number of unbranched alkanes of at least 4 members (excludes halogenated alkanes) is 1. The quantitative estimate of drug-likeness (QED) is 0.0204. The van der Waals surface area contributed by atoms with Crippen LogP contribution < -0.4 is 54.4 Å². The molecule has 0 saturated heterocycles. The van der Waals surface area contributed by atoms with Crippen LogP contribution >= 0.6 is 25.3 Å². The van der Waals surface area contributed by atoms with E-state index in [2.05, 4.69) is 67.5 Å². The third-order valence-electron chi connectivity index (χ3n) is 11.7. The van der Waals surface area contributed by atoms with Crippen molar-refractivity contribution >= 4 is 83.4 Å².